The highest BCUT2D eigenvalue weighted by atomic mass is 32.2. The van der Waals surface area contributed by atoms with E-state index in [9.17, 15) is 12.8 Å². The van der Waals surface area contributed by atoms with Crippen molar-refractivity contribution in [2.24, 2.45) is 0 Å². The molecule has 0 unspecified atom stereocenters. The highest BCUT2D eigenvalue weighted by Crippen LogP contribution is 2.31. The van der Waals surface area contributed by atoms with Crippen LogP contribution in [0.15, 0.2) is 47.6 Å². The zero-order valence-corrected chi connectivity index (χ0v) is 16.3. The number of rotatable bonds is 3. The topological polar surface area (TPSA) is 101 Å². The van der Waals surface area contributed by atoms with Crippen molar-refractivity contribution >= 4 is 43.3 Å². The van der Waals surface area contributed by atoms with Crippen molar-refractivity contribution in [2.45, 2.75) is 30.4 Å². The Morgan fingerprint density at radius 1 is 1.00 bits per heavy atom. The lowest BCUT2D eigenvalue weighted by Gasteiger charge is -2.19. The number of aromatic amines is 1. The van der Waals surface area contributed by atoms with Gasteiger partial charge in [-0.2, -0.15) is 5.10 Å². The quantitative estimate of drug-likeness (QED) is 0.541. The van der Waals surface area contributed by atoms with Gasteiger partial charge in [-0.1, -0.05) is 0 Å². The van der Waals surface area contributed by atoms with Crippen molar-refractivity contribution < 1.29 is 12.8 Å². The van der Waals surface area contributed by atoms with Crippen LogP contribution in [-0.4, -0.2) is 33.3 Å². The minimum atomic E-state index is -3.54. The molecule has 0 spiro atoms. The third-order valence-corrected chi connectivity index (χ3v) is 6.97. The maximum absolute atomic E-state index is 13.6. The van der Waals surface area contributed by atoms with Gasteiger partial charge in [-0.3, -0.25) is 5.10 Å². The Labute approximate surface area is 160 Å². The van der Waals surface area contributed by atoms with E-state index in [1.165, 1.54) is 18.5 Å². The smallest absolute Gasteiger partial charge is 0.183 e. The first-order valence-electron chi connectivity index (χ1n) is 8.57. The fraction of sp³-hybridized carbons (Fsp3) is 0.211. The fourth-order valence-corrected chi connectivity index (χ4v) is 4.08. The molecule has 2 heterocycles. The number of nitrogens with zero attached hydrogens (tertiary/aromatic N) is 3. The van der Waals surface area contributed by atoms with Gasteiger partial charge in [0.1, 0.15) is 18.0 Å². The van der Waals surface area contributed by atoms with E-state index in [1.807, 2.05) is 0 Å². The highest BCUT2D eigenvalue weighted by Gasteiger charge is 2.31. The summed E-state index contributed by atoms with van der Waals surface area (Å²) in [6, 6.07) is 9.03. The standard InChI is InChI=1S/C19H18FN5O2S/c1-19(2,3)28(26,27)12-5-7-15-14(9-12)17(22-10-21-15)23-18-13-8-11(20)4-6-16(13)24-25-18/h4-10H,1-3H3,(H2,21,22,23,24,25). The third kappa shape index (κ3) is 2.97. The van der Waals surface area contributed by atoms with Crippen molar-refractivity contribution in [3.05, 3.63) is 48.5 Å². The number of aromatic nitrogens is 4. The van der Waals surface area contributed by atoms with Gasteiger partial charge in [0.15, 0.2) is 15.7 Å². The second-order valence-corrected chi connectivity index (χ2v) is 10.1. The van der Waals surface area contributed by atoms with Crippen molar-refractivity contribution in [2.75, 3.05) is 5.32 Å². The van der Waals surface area contributed by atoms with Gasteiger partial charge in [-0.15, -0.1) is 0 Å². The minimum absolute atomic E-state index is 0.184. The first-order valence-corrected chi connectivity index (χ1v) is 10.1. The molecule has 7 nitrogen and oxygen atoms in total. The van der Waals surface area contributed by atoms with Crippen LogP contribution in [-0.2, 0) is 9.84 Å². The van der Waals surface area contributed by atoms with Crippen LogP contribution in [0, 0.1) is 5.82 Å². The summed E-state index contributed by atoms with van der Waals surface area (Å²) < 4.78 is 38.3. The molecule has 2 aromatic heterocycles. The van der Waals surface area contributed by atoms with Gasteiger partial charge in [0.2, 0.25) is 0 Å². The number of benzene rings is 2. The number of hydrogen-bond acceptors (Lipinski definition) is 6. The molecule has 0 saturated carbocycles. The number of nitrogens with one attached hydrogen (secondary N) is 2. The van der Waals surface area contributed by atoms with Gasteiger partial charge in [0.05, 0.1) is 20.7 Å². The molecule has 0 aliphatic carbocycles. The van der Waals surface area contributed by atoms with E-state index >= 15 is 0 Å². The summed E-state index contributed by atoms with van der Waals surface area (Å²) in [6.07, 6.45) is 1.37. The van der Waals surface area contributed by atoms with E-state index < -0.39 is 14.6 Å². The summed E-state index contributed by atoms with van der Waals surface area (Å²) in [7, 11) is -3.54. The zero-order valence-electron chi connectivity index (χ0n) is 15.5. The lowest BCUT2D eigenvalue weighted by molar-refractivity contribution is 0.560. The Bertz CT molecular complexity index is 1310. The Morgan fingerprint density at radius 3 is 2.54 bits per heavy atom. The number of hydrogen-bond donors (Lipinski definition) is 2. The summed E-state index contributed by atoms with van der Waals surface area (Å²) in [5.41, 5.74) is 1.25. The maximum Gasteiger partial charge on any atom is 0.183 e. The van der Waals surface area contributed by atoms with Gasteiger partial charge in [0.25, 0.3) is 0 Å². The van der Waals surface area contributed by atoms with Crippen LogP contribution in [0.2, 0.25) is 0 Å². The Balaban J connectivity index is 1.85. The normalized spacial score (nSPS) is 12.6. The van der Waals surface area contributed by atoms with Crippen LogP contribution in [0.5, 0.6) is 0 Å². The molecule has 0 aliphatic heterocycles. The summed E-state index contributed by atoms with van der Waals surface area (Å²) in [6.45, 7) is 4.95. The van der Waals surface area contributed by atoms with Crippen LogP contribution in [0.4, 0.5) is 16.0 Å². The lowest BCUT2D eigenvalue weighted by atomic mass is 10.2. The molecular weight excluding hydrogens is 381 g/mol. The van der Waals surface area contributed by atoms with Gasteiger partial charge in [-0.05, 0) is 57.2 Å². The molecule has 9 heteroatoms. The highest BCUT2D eigenvalue weighted by molar-refractivity contribution is 7.92. The maximum atomic E-state index is 13.6. The monoisotopic (exact) mass is 399 g/mol. The SMILES string of the molecule is CC(C)(C)S(=O)(=O)c1ccc2ncnc(Nc3n[nH]c4ccc(F)cc34)c2c1. The molecule has 0 atom stereocenters. The van der Waals surface area contributed by atoms with Crippen LogP contribution in [0.1, 0.15) is 20.8 Å². The van der Waals surface area contributed by atoms with Crippen LogP contribution < -0.4 is 5.32 Å². The van der Waals surface area contributed by atoms with Crippen LogP contribution >= 0.6 is 0 Å². The molecule has 2 aromatic carbocycles. The molecule has 144 valence electrons. The van der Waals surface area contributed by atoms with E-state index in [2.05, 4.69) is 25.5 Å². The van der Waals surface area contributed by atoms with E-state index in [0.29, 0.717) is 33.4 Å². The third-order valence-electron chi connectivity index (χ3n) is 4.48. The van der Waals surface area contributed by atoms with E-state index in [4.69, 9.17) is 0 Å². The number of H-pyrrole nitrogens is 1. The molecule has 0 radical (unpaired) electrons. The Morgan fingerprint density at radius 2 is 1.79 bits per heavy atom. The molecule has 0 fully saturated rings. The zero-order chi connectivity index (χ0) is 20.1. The number of fused-ring (bicyclic) bond motifs is 2. The predicted octanol–water partition coefficient (Wildman–Crippen LogP) is 3.96. The van der Waals surface area contributed by atoms with Crippen LogP contribution in [0.25, 0.3) is 21.8 Å². The molecule has 2 N–H and O–H groups in total. The first-order chi connectivity index (χ1) is 13.2. The van der Waals surface area contributed by atoms with Gasteiger partial charge < -0.3 is 5.32 Å². The molecule has 4 aromatic rings. The fourth-order valence-electron chi connectivity index (χ4n) is 2.85. The summed E-state index contributed by atoms with van der Waals surface area (Å²) >= 11 is 0. The number of halogens is 1. The van der Waals surface area contributed by atoms with Crippen molar-refractivity contribution in [3.63, 3.8) is 0 Å². The molecular formula is C19H18FN5O2S. The molecule has 28 heavy (non-hydrogen) atoms. The Hall–Kier alpha value is -3.07. The van der Waals surface area contributed by atoms with E-state index in [1.54, 1.807) is 45.0 Å². The summed E-state index contributed by atoms with van der Waals surface area (Å²) in [5.74, 6) is 0.384. The van der Waals surface area contributed by atoms with Gasteiger partial charge >= 0.3 is 0 Å². The average molecular weight is 399 g/mol. The Kier molecular flexibility index (Phi) is 4.07. The van der Waals surface area contributed by atoms with Gasteiger partial charge in [-0.25, -0.2) is 22.8 Å². The lowest BCUT2D eigenvalue weighted by Crippen LogP contribution is -2.27. The van der Waals surface area contributed by atoms with E-state index in [0.717, 1.165) is 0 Å². The molecule has 4 rings (SSSR count). The van der Waals surface area contributed by atoms with Gasteiger partial charge in [0, 0.05) is 10.8 Å². The predicted molar refractivity (Wildman–Crippen MR) is 106 cm³/mol. The average Bonchev–Trinajstić information content (AvgIpc) is 3.02. The first kappa shape index (κ1) is 18.3. The molecule has 0 bridgehead atoms. The van der Waals surface area contributed by atoms with Crippen molar-refractivity contribution in [1.29, 1.82) is 0 Å². The molecule has 0 aliphatic rings. The van der Waals surface area contributed by atoms with Crippen LogP contribution in [0.3, 0.4) is 0 Å². The molecule has 0 amide bonds. The number of sulfone groups is 1. The largest absolute Gasteiger partial charge is 0.322 e. The summed E-state index contributed by atoms with van der Waals surface area (Å²) in [4.78, 5) is 8.61. The summed E-state index contributed by atoms with van der Waals surface area (Å²) in [5, 5.41) is 11.1. The molecule has 0 saturated heterocycles. The minimum Gasteiger partial charge on any atom is -0.322 e. The van der Waals surface area contributed by atoms with E-state index in [-0.39, 0.29) is 10.7 Å². The van der Waals surface area contributed by atoms with Crippen molar-refractivity contribution in [3.8, 4) is 0 Å². The second kappa shape index (κ2) is 6.23. The second-order valence-electron chi connectivity index (χ2n) is 7.40. The number of anilines is 2. The van der Waals surface area contributed by atoms with Crippen molar-refractivity contribution in [1.82, 2.24) is 20.2 Å².